The number of aryl methyl sites for hydroxylation is 1. The van der Waals surface area contributed by atoms with Crippen LogP contribution >= 0.6 is 11.3 Å². The molecule has 0 atom stereocenters. The predicted molar refractivity (Wildman–Crippen MR) is 65.2 cm³/mol. The Hall–Kier alpha value is -1.68. The normalized spacial score (nSPS) is 11.4. The fourth-order valence-electron chi connectivity index (χ4n) is 1.13. The van der Waals surface area contributed by atoms with Gasteiger partial charge in [0, 0.05) is 0 Å². The molecule has 2 aromatic heterocycles. The van der Waals surface area contributed by atoms with E-state index in [0.29, 0.717) is 11.6 Å². The number of anilines is 1. The maximum atomic E-state index is 11.9. The van der Waals surface area contributed by atoms with Gasteiger partial charge in [-0.25, -0.2) is 23.2 Å². The zero-order chi connectivity index (χ0) is 13.2. The van der Waals surface area contributed by atoms with Crippen molar-refractivity contribution in [2.75, 3.05) is 11.3 Å². The smallest absolute Gasteiger partial charge is 0.337 e. The van der Waals surface area contributed by atoms with Crippen molar-refractivity contribution < 1.29 is 13.2 Å². The molecule has 98 valence electrons. The first kappa shape index (κ1) is 12.8. The van der Waals surface area contributed by atoms with E-state index < -0.39 is 10.0 Å². The van der Waals surface area contributed by atoms with Crippen LogP contribution in [0, 0.1) is 6.92 Å². The van der Waals surface area contributed by atoms with Gasteiger partial charge in [-0.05, 0) is 13.8 Å². The van der Waals surface area contributed by atoms with E-state index in [4.69, 9.17) is 4.74 Å². The first-order valence-electron chi connectivity index (χ1n) is 5.01. The molecule has 10 heteroatoms. The Morgan fingerprint density at radius 1 is 1.56 bits per heavy atom. The standard InChI is InChI=1S/C8H11N5O3S2/c1-3-16-8-10-7(11-12-8)13-18(14,15)6-4-9-5(2)17-6/h4H,3H2,1-2H3,(H2,10,11,12,13). The summed E-state index contributed by atoms with van der Waals surface area (Å²) in [5, 5.41) is 6.79. The van der Waals surface area contributed by atoms with Gasteiger partial charge in [0.2, 0.25) is 5.95 Å². The molecule has 0 saturated carbocycles. The molecular weight excluding hydrogens is 278 g/mol. The van der Waals surface area contributed by atoms with E-state index >= 15 is 0 Å². The summed E-state index contributed by atoms with van der Waals surface area (Å²) in [4.78, 5) is 7.71. The summed E-state index contributed by atoms with van der Waals surface area (Å²) in [6, 6.07) is 0.0932. The number of rotatable bonds is 5. The van der Waals surface area contributed by atoms with Crippen molar-refractivity contribution >= 4 is 27.3 Å². The van der Waals surface area contributed by atoms with Gasteiger partial charge in [0.1, 0.15) is 0 Å². The van der Waals surface area contributed by atoms with E-state index in [9.17, 15) is 8.42 Å². The zero-order valence-electron chi connectivity index (χ0n) is 9.67. The number of H-pyrrole nitrogens is 1. The molecule has 2 N–H and O–H groups in total. The van der Waals surface area contributed by atoms with E-state index in [-0.39, 0.29) is 16.2 Å². The number of aromatic nitrogens is 4. The number of hydrogen-bond acceptors (Lipinski definition) is 7. The van der Waals surface area contributed by atoms with Crippen LogP contribution in [0.2, 0.25) is 0 Å². The van der Waals surface area contributed by atoms with Gasteiger partial charge in [-0.1, -0.05) is 0 Å². The number of hydrogen-bond donors (Lipinski definition) is 2. The first-order chi connectivity index (χ1) is 8.51. The molecule has 0 aliphatic heterocycles. The Morgan fingerprint density at radius 3 is 2.94 bits per heavy atom. The average molecular weight is 289 g/mol. The van der Waals surface area contributed by atoms with Crippen molar-refractivity contribution in [3.05, 3.63) is 11.2 Å². The van der Waals surface area contributed by atoms with Gasteiger partial charge in [-0.2, -0.15) is 4.98 Å². The fourth-order valence-corrected chi connectivity index (χ4v) is 3.19. The van der Waals surface area contributed by atoms with Crippen LogP contribution in [0.4, 0.5) is 5.95 Å². The molecule has 0 spiro atoms. The van der Waals surface area contributed by atoms with Crippen molar-refractivity contribution in [3.8, 4) is 6.01 Å². The van der Waals surface area contributed by atoms with Gasteiger partial charge >= 0.3 is 6.01 Å². The third-order valence-electron chi connectivity index (χ3n) is 1.83. The molecule has 0 aliphatic carbocycles. The lowest BCUT2D eigenvalue weighted by molar-refractivity contribution is 0.314. The van der Waals surface area contributed by atoms with Crippen molar-refractivity contribution in [2.24, 2.45) is 0 Å². The van der Waals surface area contributed by atoms with Crippen LogP contribution in [0.5, 0.6) is 6.01 Å². The lowest BCUT2D eigenvalue weighted by Gasteiger charge is -2.00. The Balaban J connectivity index is 2.17. The third kappa shape index (κ3) is 2.76. The van der Waals surface area contributed by atoms with Crippen LogP contribution in [-0.2, 0) is 10.0 Å². The van der Waals surface area contributed by atoms with Crippen LogP contribution in [0.1, 0.15) is 11.9 Å². The minimum absolute atomic E-state index is 0.00417. The summed E-state index contributed by atoms with van der Waals surface area (Å²) in [7, 11) is -3.68. The van der Waals surface area contributed by atoms with Crippen molar-refractivity contribution in [3.63, 3.8) is 0 Å². The molecule has 8 nitrogen and oxygen atoms in total. The summed E-state index contributed by atoms with van der Waals surface area (Å²) < 4.78 is 31.2. The topological polar surface area (TPSA) is 110 Å². The van der Waals surface area contributed by atoms with Crippen LogP contribution in [0.25, 0.3) is 0 Å². The van der Waals surface area contributed by atoms with Crippen molar-refractivity contribution in [1.82, 2.24) is 20.2 Å². The van der Waals surface area contributed by atoms with Crippen LogP contribution in [0.15, 0.2) is 10.4 Å². The second-order valence-corrected chi connectivity index (χ2v) is 6.35. The van der Waals surface area contributed by atoms with Crippen molar-refractivity contribution in [1.29, 1.82) is 0 Å². The first-order valence-corrected chi connectivity index (χ1v) is 7.31. The van der Waals surface area contributed by atoms with Crippen molar-refractivity contribution in [2.45, 2.75) is 18.1 Å². The summed E-state index contributed by atoms with van der Waals surface area (Å²) >= 11 is 1.08. The van der Waals surface area contributed by atoms with Gasteiger partial charge in [0.05, 0.1) is 17.8 Å². The minimum Gasteiger partial charge on any atom is -0.463 e. The molecule has 0 aliphatic rings. The monoisotopic (exact) mass is 289 g/mol. The fraction of sp³-hybridized carbons (Fsp3) is 0.375. The maximum Gasteiger partial charge on any atom is 0.337 e. The molecule has 0 fully saturated rings. The minimum atomic E-state index is -3.68. The van der Waals surface area contributed by atoms with E-state index in [1.54, 1.807) is 13.8 Å². The molecule has 0 unspecified atom stereocenters. The van der Waals surface area contributed by atoms with E-state index in [1.807, 2.05) is 0 Å². The maximum absolute atomic E-state index is 11.9. The summed E-state index contributed by atoms with van der Waals surface area (Å²) in [5.74, 6) is 0.00417. The Bertz CT molecular complexity index is 633. The second kappa shape index (κ2) is 4.90. The molecule has 0 saturated heterocycles. The highest BCUT2D eigenvalue weighted by atomic mass is 32.2. The van der Waals surface area contributed by atoms with E-state index in [1.165, 1.54) is 6.20 Å². The molecule has 18 heavy (non-hydrogen) atoms. The Labute approximate surface area is 107 Å². The summed E-state index contributed by atoms with van der Waals surface area (Å²) in [6.45, 7) is 3.91. The molecule has 2 rings (SSSR count). The number of ether oxygens (including phenoxy) is 1. The zero-order valence-corrected chi connectivity index (χ0v) is 11.3. The number of aromatic amines is 1. The van der Waals surface area contributed by atoms with Crippen LogP contribution in [-0.4, -0.2) is 35.2 Å². The summed E-state index contributed by atoms with van der Waals surface area (Å²) in [5.41, 5.74) is 0. The number of nitrogens with one attached hydrogen (secondary N) is 2. The second-order valence-electron chi connectivity index (χ2n) is 3.20. The predicted octanol–water partition coefficient (Wildman–Crippen LogP) is 0.769. The highest BCUT2D eigenvalue weighted by Crippen LogP contribution is 2.20. The SMILES string of the molecule is CCOc1n[nH]c(NS(=O)(=O)c2cnc(C)s2)n1. The molecular formula is C8H11N5O3S2. The highest BCUT2D eigenvalue weighted by Gasteiger charge is 2.19. The van der Waals surface area contributed by atoms with Gasteiger partial charge in [0.25, 0.3) is 10.0 Å². The third-order valence-corrected chi connectivity index (χ3v) is 4.55. The Kier molecular flexibility index (Phi) is 3.48. The molecule has 2 aromatic rings. The lowest BCUT2D eigenvalue weighted by Crippen LogP contribution is -2.12. The van der Waals surface area contributed by atoms with Gasteiger partial charge in [-0.15, -0.1) is 16.4 Å². The average Bonchev–Trinajstić information content (AvgIpc) is 2.88. The molecule has 0 amide bonds. The Morgan fingerprint density at radius 2 is 2.33 bits per heavy atom. The lowest BCUT2D eigenvalue weighted by atomic mass is 10.8. The van der Waals surface area contributed by atoms with Crippen LogP contribution < -0.4 is 9.46 Å². The van der Waals surface area contributed by atoms with Gasteiger partial charge < -0.3 is 4.74 Å². The summed E-state index contributed by atoms with van der Waals surface area (Å²) in [6.07, 6.45) is 1.29. The number of nitrogens with zero attached hydrogens (tertiary/aromatic N) is 3. The largest absolute Gasteiger partial charge is 0.463 e. The van der Waals surface area contributed by atoms with Crippen LogP contribution in [0.3, 0.4) is 0 Å². The van der Waals surface area contributed by atoms with Gasteiger partial charge in [0.15, 0.2) is 4.21 Å². The highest BCUT2D eigenvalue weighted by molar-refractivity contribution is 7.94. The molecule has 0 aromatic carbocycles. The van der Waals surface area contributed by atoms with E-state index in [0.717, 1.165) is 11.3 Å². The molecule has 0 bridgehead atoms. The number of thiazole rings is 1. The quantitative estimate of drug-likeness (QED) is 0.841. The molecule has 2 heterocycles. The van der Waals surface area contributed by atoms with Gasteiger partial charge in [-0.3, -0.25) is 0 Å². The molecule has 0 radical (unpaired) electrons. The van der Waals surface area contributed by atoms with E-state index in [2.05, 4.69) is 24.9 Å². The number of sulfonamides is 1.